The molecule has 0 bridgehead atoms. The summed E-state index contributed by atoms with van der Waals surface area (Å²) in [5, 5.41) is 10.9. The van der Waals surface area contributed by atoms with Crippen LogP contribution in [-0.4, -0.2) is 54.7 Å². The number of carbonyl (C=O) groups is 3. The number of amides is 2. The number of carboxylic acids is 1. The highest BCUT2D eigenvalue weighted by atomic mass is 16.5. The van der Waals surface area contributed by atoms with E-state index in [4.69, 9.17) is 5.11 Å². The molecule has 0 rings (SSSR count). The first kappa shape index (κ1) is 15.2. The van der Waals surface area contributed by atoms with Crippen molar-refractivity contribution < 1.29 is 24.2 Å². The summed E-state index contributed by atoms with van der Waals surface area (Å²) in [6.45, 7) is 1.73. The molecule has 2 N–H and O–H groups in total. The molecule has 0 spiro atoms. The third-order valence-electron chi connectivity index (χ3n) is 2.16. The van der Waals surface area contributed by atoms with E-state index >= 15 is 0 Å². The minimum atomic E-state index is -1.10. The molecule has 0 aliphatic carbocycles. The lowest BCUT2D eigenvalue weighted by atomic mass is 10.3. The summed E-state index contributed by atoms with van der Waals surface area (Å²) >= 11 is 0. The first-order valence-electron chi connectivity index (χ1n) is 5.19. The van der Waals surface area contributed by atoms with E-state index in [0.717, 1.165) is 0 Å². The molecule has 0 aliphatic rings. The second kappa shape index (κ2) is 7.48. The van der Waals surface area contributed by atoms with Gasteiger partial charge in [0.15, 0.2) is 0 Å². The molecule has 0 aromatic heterocycles. The number of nitrogens with zero attached hydrogens (tertiary/aromatic N) is 1. The van der Waals surface area contributed by atoms with Crippen LogP contribution in [0.4, 0.5) is 4.79 Å². The van der Waals surface area contributed by atoms with E-state index in [0.29, 0.717) is 13.0 Å². The summed E-state index contributed by atoms with van der Waals surface area (Å²) in [4.78, 5) is 34.1. The third kappa shape index (κ3) is 6.39. The molecule has 0 radical (unpaired) electrons. The molecule has 17 heavy (non-hydrogen) atoms. The molecule has 0 heterocycles. The van der Waals surface area contributed by atoms with Crippen molar-refractivity contribution in [1.82, 2.24) is 10.2 Å². The number of urea groups is 1. The predicted octanol–water partition coefficient (Wildman–Crippen LogP) is 0.0541. The molecule has 98 valence electrons. The maximum absolute atomic E-state index is 11.4. The quantitative estimate of drug-likeness (QED) is 0.646. The Hall–Kier alpha value is -1.79. The van der Waals surface area contributed by atoms with Crippen LogP contribution in [0.25, 0.3) is 0 Å². The summed E-state index contributed by atoms with van der Waals surface area (Å²) in [6.07, 6.45) is 0.695. The van der Waals surface area contributed by atoms with Gasteiger partial charge in [-0.3, -0.25) is 9.59 Å². The van der Waals surface area contributed by atoms with Crippen molar-refractivity contribution in [3.05, 3.63) is 0 Å². The Labute approximate surface area is 99.7 Å². The average Bonchev–Trinajstić information content (AvgIpc) is 2.28. The first-order chi connectivity index (χ1) is 7.88. The van der Waals surface area contributed by atoms with Gasteiger partial charge in [0.1, 0.15) is 6.04 Å². The van der Waals surface area contributed by atoms with E-state index in [1.165, 1.54) is 26.0 Å². The highest BCUT2D eigenvalue weighted by Crippen LogP contribution is 1.96. The molecular formula is C10H18N2O5. The highest BCUT2D eigenvalue weighted by molar-refractivity contribution is 5.82. The number of ether oxygens (including phenoxy) is 1. The molecule has 0 aromatic carbocycles. The zero-order chi connectivity index (χ0) is 13.4. The first-order valence-corrected chi connectivity index (χ1v) is 5.19. The van der Waals surface area contributed by atoms with Gasteiger partial charge in [-0.05, 0) is 13.3 Å². The molecule has 1 atom stereocenters. The van der Waals surface area contributed by atoms with Crippen LogP contribution in [0.2, 0.25) is 0 Å². The van der Waals surface area contributed by atoms with Crippen LogP contribution in [0.5, 0.6) is 0 Å². The Balaban J connectivity index is 3.90. The largest absolute Gasteiger partial charge is 0.480 e. The second-order valence-electron chi connectivity index (χ2n) is 3.61. The number of esters is 1. The number of aliphatic carboxylic acids is 1. The van der Waals surface area contributed by atoms with Gasteiger partial charge in [-0.25, -0.2) is 4.79 Å². The van der Waals surface area contributed by atoms with Crippen molar-refractivity contribution in [2.45, 2.75) is 25.8 Å². The zero-order valence-electron chi connectivity index (χ0n) is 10.2. The van der Waals surface area contributed by atoms with Crippen LogP contribution in [0.1, 0.15) is 19.8 Å². The van der Waals surface area contributed by atoms with E-state index in [-0.39, 0.29) is 12.4 Å². The summed E-state index contributed by atoms with van der Waals surface area (Å²) in [5.41, 5.74) is 0. The normalized spacial score (nSPS) is 11.5. The van der Waals surface area contributed by atoms with E-state index in [9.17, 15) is 14.4 Å². The maximum Gasteiger partial charge on any atom is 0.325 e. The Morgan fingerprint density at radius 2 is 2.00 bits per heavy atom. The van der Waals surface area contributed by atoms with E-state index in [2.05, 4.69) is 10.1 Å². The summed E-state index contributed by atoms with van der Waals surface area (Å²) in [7, 11) is 2.83. The van der Waals surface area contributed by atoms with Gasteiger partial charge in [0.05, 0.1) is 7.11 Å². The molecule has 0 saturated carbocycles. The topological polar surface area (TPSA) is 95.9 Å². The van der Waals surface area contributed by atoms with Crippen molar-refractivity contribution in [1.29, 1.82) is 0 Å². The molecule has 0 fully saturated rings. The van der Waals surface area contributed by atoms with Crippen LogP contribution in [-0.2, 0) is 14.3 Å². The second-order valence-corrected chi connectivity index (χ2v) is 3.61. The Morgan fingerprint density at radius 1 is 1.41 bits per heavy atom. The lowest BCUT2D eigenvalue weighted by Gasteiger charge is -2.19. The zero-order valence-corrected chi connectivity index (χ0v) is 10.2. The van der Waals surface area contributed by atoms with E-state index < -0.39 is 18.0 Å². The predicted molar refractivity (Wildman–Crippen MR) is 59.5 cm³/mol. The molecule has 0 unspecified atom stereocenters. The minimum absolute atomic E-state index is 0.225. The van der Waals surface area contributed by atoms with Crippen molar-refractivity contribution >= 4 is 18.0 Å². The van der Waals surface area contributed by atoms with Gasteiger partial charge < -0.3 is 20.1 Å². The van der Waals surface area contributed by atoms with Crippen LogP contribution < -0.4 is 5.32 Å². The summed E-state index contributed by atoms with van der Waals surface area (Å²) in [6, 6.07) is -1.42. The van der Waals surface area contributed by atoms with Gasteiger partial charge in [0, 0.05) is 20.0 Å². The van der Waals surface area contributed by atoms with Crippen molar-refractivity contribution in [3.63, 3.8) is 0 Å². The van der Waals surface area contributed by atoms with Crippen molar-refractivity contribution in [2.75, 3.05) is 20.7 Å². The molecule has 0 aromatic rings. The smallest absolute Gasteiger partial charge is 0.325 e. The van der Waals surface area contributed by atoms with Gasteiger partial charge in [0.25, 0.3) is 0 Å². The number of rotatable bonds is 6. The fraction of sp³-hybridized carbons (Fsp3) is 0.700. The lowest BCUT2D eigenvalue weighted by Crippen LogP contribution is -2.45. The van der Waals surface area contributed by atoms with Gasteiger partial charge in [-0.15, -0.1) is 0 Å². The molecule has 0 saturated heterocycles. The Kier molecular flexibility index (Phi) is 6.69. The number of hydrogen-bond donors (Lipinski definition) is 2. The van der Waals surface area contributed by atoms with Gasteiger partial charge in [-0.2, -0.15) is 0 Å². The van der Waals surface area contributed by atoms with E-state index in [1.54, 1.807) is 0 Å². The van der Waals surface area contributed by atoms with Crippen LogP contribution in [0.15, 0.2) is 0 Å². The number of carboxylic acid groups (broad SMARTS) is 1. The molecule has 2 amide bonds. The molecule has 0 aliphatic heterocycles. The average molecular weight is 246 g/mol. The number of nitrogens with one attached hydrogen (secondary N) is 1. The number of methoxy groups -OCH3 is 1. The Morgan fingerprint density at radius 3 is 2.47 bits per heavy atom. The minimum Gasteiger partial charge on any atom is -0.480 e. The monoisotopic (exact) mass is 246 g/mol. The molecule has 7 heteroatoms. The maximum atomic E-state index is 11.4. The molecule has 7 nitrogen and oxygen atoms in total. The van der Waals surface area contributed by atoms with Crippen molar-refractivity contribution in [3.8, 4) is 0 Å². The molecular weight excluding hydrogens is 228 g/mol. The van der Waals surface area contributed by atoms with Gasteiger partial charge in [0.2, 0.25) is 0 Å². The lowest BCUT2D eigenvalue weighted by molar-refractivity contribution is -0.141. The Bertz CT molecular complexity index is 292. The van der Waals surface area contributed by atoms with Gasteiger partial charge in [-0.1, -0.05) is 0 Å². The third-order valence-corrected chi connectivity index (χ3v) is 2.16. The van der Waals surface area contributed by atoms with Crippen molar-refractivity contribution in [2.24, 2.45) is 0 Å². The standard InChI is InChI=1S/C10H18N2O5/c1-7(9(14)15)11-10(16)12(2)6-4-5-8(13)17-3/h7H,4-6H2,1-3H3,(H,11,16)(H,14,15)/t7-/m1/s1. The van der Waals surface area contributed by atoms with Crippen LogP contribution in [0.3, 0.4) is 0 Å². The highest BCUT2D eigenvalue weighted by Gasteiger charge is 2.16. The van der Waals surface area contributed by atoms with Gasteiger partial charge >= 0.3 is 18.0 Å². The SMILES string of the molecule is COC(=O)CCCN(C)C(=O)N[C@H](C)C(=O)O. The summed E-state index contributed by atoms with van der Waals surface area (Å²) in [5.74, 6) is -1.43. The number of carbonyl (C=O) groups excluding carboxylic acids is 2. The fourth-order valence-corrected chi connectivity index (χ4v) is 1.02. The number of hydrogen-bond acceptors (Lipinski definition) is 4. The summed E-state index contributed by atoms with van der Waals surface area (Å²) < 4.78 is 4.45. The van der Waals surface area contributed by atoms with E-state index in [1.807, 2.05) is 0 Å². The van der Waals surface area contributed by atoms with Crippen LogP contribution in [0, 0.1) is 0 Å². The fourth-order valence-electron chi connectivity index (χ4n) is 1.02. The van der Waals surface area contributed by atoms with Crippen LogP contribution >= 0.6 is 0 Å².